The van der Waals surface area contributed by atoms with Gasteiger partial charge in [0.1, 0.15) is 28.3 Å². The van der Waals surface area contributed by atoms with Crippen LogP contribution in [0.2, 0.25) is 0 Å². The van der Waals surface area contributed by atoms with Gasteiger partial charge in [-0.15, -0.1) is 11.3 Å². The number of nitrogens with one attached hydrogen (secondary N) is 2. The van der Waals surface area contributed by atoms with E-state index in [4.69, 9.17) is 19.4 Å². The number of aryl methyl sites for hydroxylation is 1. The molecule has 1 fully saturated rings. The van der Waals surface area contributed by atoms with Crippen LogP contribution in [0.3, 0.4) is 0 Å². The topological polar surface area (TPSA) is 137 Å². The van der Waals surface area contributed by atoms with Gasteiger partial charge in [0.05, 0.1) is 39.7 Å². The second-order valence-corrected chi connectivity index (χ2v) is 10.8. The van der Waals surface area contributed by atoms with Crippen LogP contribution in [-0.2, 0) is 0 Å². The van der Waals surface area contributed by atoms with Crippen LogP contribution in [0.1, 0.15) is 30.8 Å². The summed E-state index contributed by atoms with van der Waals surface area (Å²) >= 11 is 1.54. The number of anilines is 2. The normalized spacial score (nSPS) is 22.2. The molecule has 0 spiro atoms. The average Bonchev–Trinajstić information content (AvgIpc) is 3.60. The van der Waals surface area contributed by atoms with Crippen LogP contribution < -0.4 is 10.6 Å². The lowest BCUT2D eigenvalue weighted by Gasteiger charge is -2.22. The molecule has 0 bridgehead atoms. The van der Waals surface area contributed by atoms with Crippen LogP contribution in [0.25, 0.3) is 31.8 Å². The molecule has 1 unspecified atom stereocenters. The van der Waals surface area contributed by atoms with Gasteiger partial charge in [0.25, 0.3) is 0 Å². The third kappa shape index (κ3) is 4.49. The van der Waals surface area contributed by atoms with Gasteiger partial charge in [-0.05, 0) is 44.5 Å². The van der Waals surface area contributed by atoms with E-state index in [1.54, 1.807) is 11.3 Å². The van der Waals surface area contributed by atoms with E-state index >= 15 is 0 Å². The van der Waals surface area contributed by atoms with Crippen LogP contribution in [0, 0.1) is 12.8 Å². The number of para-hydroxylation sites is 2. The Hall–Kier alpha value is -3.57. The van der Waals surface area contributed by atoms with Crippen molar-refractivity contribution in [3.8, 4) is 10.6 Å². The molecule has 10 heteroatoms. The summed E-state index contributed by atoms with van der Waals surface area (Å²) in [5.74, 6) is 1.25. The summed E-state index contributed by atoms with van der Waals surface area (Å²) in [5, 5.41) is 39.2. The largest absolute Gasteiger partial charge is 0.459 e. The first-order valence-electron chi connectivity index (χ1n) is 12.6. The highest BCUT2D eigenvalue weighted by molar-refractivity contribution is 7.21. The van der Waals surface area contributed by atoms with Crippen molar-refractivity contribution in [3.63, 3.8) is 0 Å². The highest BCUT2D eigenvalue weighted by atomic mass is 32.1. The Morgan fingerprint density at radius 3 is 2.61 bits per heavy atom. The van der Waals surface area contributed by atoms with Crippen molar-refractivity contribution in [2.45, 2.75) is 44.6 Å². The first-order chi connectivity index (χ1) is 18.4. The number of nitrogens with zero attached hydrogens (tertiary/aromatic N) is 3. The molecule has 5 aromatic rings. The second kappa shape index (κ2) is 9.95. The number of hydrogen-bond donors (Lipinski definition) is 5. The molecule has 2 aromatic carbocycles. The minimum absolute atomic E-state index is 0.203. The van der Waals surface area contributed by atoms with E-state index in [0.29, 0.717) is 23.9 Å². The zero-order valence-corrected chi connectivity index (χ0v) is 21.8. The number of aliphatic hydroxyl groups excluding tert-OH is 3. The fourth-order valence-corrected chi connectivity index (χ4v) is 6.15. The summed E-state index contributed by atoms with van der Waals surface area (Å²) in [6, 6.07) is 17.1. The van der Waals surface area contributed by atoms with E-state index in [1.807, 2.05) is 68.4 Å². The smallest absolute Gasteiger partial charge is 0.225 e. The number of benzene rings is 2. The minimum atomic E-state index is -1.04. The average molecular weight is 532 g/mol. The van der Waals surface area contributed by atoms with Gasteiger partial charge < -0.3 is 30.4 Å². The van der Waals surface area contributed by atoms with Crippen LogP contribution >= 0.6 is 11.3 Å². The van der Waals surface area contributed by atoms with Crippen LogP contribution in [0.15, 0.2) is 59.0 Å². The molecule has 3 heterocycles. The fraction of sp³-hybridized carbons (Fsp3) is 0.321. The Morgan fingerprint density at radius 2 is 1.84 bits per heavy atom. The van der Waals surface area contributed by atoms with Crippen molar-refractivity contribution in [2.75, 3.05) is 17.2 Å². The van der Waals surface area contributed by atoms with Crippen LogP contribution in [-0.4, -0.2) is 55.1 Å². The molecule has 0 radical (unpaired) electrons. The van der Waals surface area contributed by atoms with Crippen LogP contribution in [0.4, 0.5) is 11.8 Å². The predicted octanol–water partition coefficient (Wildman–Crippen LogP) is 4.50. The van der Waals surface area contributed by atoms with Gasteiger partial charge in [-0.1, -0.05) is 30.3 Å². The highest BCUT2D eigenvalue weighted by Crippen LogP contribution is 2.38. The van der Waals surface area contributed by atoms with Gasteiger partial charge in [0, 0.05) is 17.9 Å². The first kappa shape index (κ1) is 24.7. The van der Waals surface area contributed by atoms with E-state index in [9.17, 15) is 15.3 Å². The van der Waals surface area contributed by atoms with Crippen molar-refractivity contribution >= 4 is 44.3 Å². The molecular weight excluding hydrogens is 502 g/mol. The molecule has 0 amide bonds. The summed E-state index contributed by atoms with van der Waals surface area (Å²) in [6.07, 6.45) is -1.66. The molecule has 38 heavy (non-hydrogen) atoms. The zero-order valence-electron chi connectivity index (χ0n) is 21.0. The number of aromatic nitrogens is 3. The van der Waals surface area contributed by atoms with Crippen molar-refractivity contribution in [1.29, 1.82) is 0 Å². The van der Waals surface area contributed by atoms with Crippen molar-refractivity contribution in [2.24, 2.45) is 5.92 Å². The summed E-state index contributed by atoms with van der Waals surface area (Å²) in [6.45, 7) is 3.68. The van der Waals surface area contributed by atoms with E-state index in [1.165, 1.54) is 0 Å². The first-order valence-corrected chi connectivity index (χ1v) is 13.5. The fourth-order valence-electron chi connectivity index (χ4n) is 5.08. The van der Waals surface area contributed by atoms with E-state index in [-0.39, 0.29) is 12.6 Å². The maximum absolute atomic E-state index is 10.7. The highest BCUT2D eigenvalue weighted by Gasteiger charge is 2.41. The Kier molecular flexibility index (Phi) is 6.48. The van der Waals surface area contributed by atoms with Gasteiger partial charge in [-0.2, -0.15) is 4.98 Å². The van der Waals surface area contributed by atoms with Crippen molar-refractivity contribution in [3.05, 3.63) is 66.1 Å². The number of rotatable bonds is 7. The Morgan fingerprint density at radius 1 is 1.05 bits per heavy atom. The van der Waals surface area contributed by atoms with E-state index < -0.39 is 24.2 Å². The molecule has 9 nitrogen and oxygen atoms in total. The standard InChI is InChI=1S/C28H29N5O4S/c1-14(21-12-16-7-3-5-9-20(16)37-21)29-28-30-15(2)23(27-32-18-8-4-6-10-22(18)38-27)26(33-28)31-19-11-17(13-34)24(35)25(19)36/h3-10,12,14,17,19,24-25,34-36H,11,13H2,1-2H3,(H2,29,30,31,33)/t14-,17-,19?,24-,25+/m1/s1. The van der Waals surface area contributed by atoms with Gasteiger partial charge in [-0.3, -0.25) is 0 Å². The molecule has 1 aliphatic rings. The Balaban J connectivity index is 1.37. The van der Waals surface area contributed by atoms with Gasteiger partial charge in [0.15, 0.2) is 0 Å². The molecule has 3 aromatic heterocycles. The Labute approximate surface area is 223 Å². The van der Waals surface area contributed by atoms with Crippen molar-refractivity contribution in [1.82, 2.24) is 15.0 Å². The van der Waals surface area contributed by atoms with E-state index in [2.05, 4.69) is 10.6 Å². The summed E-state index contributed by atoms with van der Waals surface area (Å²) in [7, 11) is 0. The second-order valence-electron chi connectivity index (χ2n) is 9.81. The monoisotopic (exact) mass is 531 g/mol. The number of furan rings is 1. The SMILES string of the molecule is Cc1nc(N[C@H](C)c2cc3ccccc3o2)nc(NC2C[C@H](CO)[C@@H](O)[C@H]2O)c1-c1nc2ccccc2s1. The summed E-state index contributed by atoms with van der Waals surface area (Å²) in [5.41, 5.74) is 3.15. The quantitative estimate of drug-likeness (QED) is 0.206. The molecule has 5 N–H and O–H groups in total. The third-order valence-corrected chi connectivity index (χ3v) is 8.23. The molecule has 6 rings (SSSR count). The number of aliphatic hydroxyl groups is 3. The molecule has 0 aliphatic heterocycles. The van der Waals surface area contributed by atoms with E-state index in [0.717, 1.165) is 37.5 Å². The maximum Gasteiger partial charge on any atom is 0.225 e. The lowest BCUT2D eigenvalue weighted by atomic mass is 10.1. The lowest BCUT2D eigenvalue weighted by Crippen LogP contribution is -2.35. The predicted molar refractivity (Wildman–Crippen MR) is 148 cm³/mol. The molecule has 0 saturated heterocycles. The number of thiazole rings is 1. The number of fused-ring (bicyclic) bond motifs is 2. The minimum Gasteiger partial charge on any atom is -0.459 e. The van der Waals surface area contributed by atoms with Gasteiger partial charge in [0.2, 0.25) is 5.95 Å². The molecule has 196 valence electrons. The van der Waals surface area contributed by atoms with Gasteiger partial charge in [-0.25, -0.2) is 9.97 Å². The van der Waals surface area contributed by atoms with Crippen LogP contribution in [0.5, 0.6) is 0 Å². The molecule has 5 atom stereocenters. The summed E-state index contributed by atoms with van der Waals surface area (Å²) in [4.78, 5) is 14.4. The molecule has 1 saturated carbocycles. The van der Waals surface area contributed by atoms with Gasteiger partial charge >= 0.3 is 0 Å². The number of hydrogen-bond acceptors (Lipinski definition) is 10. The summed E-state index contributed by atoms with van der Waals surface area (Å²) < 4.78 is 7.07. The molecular formula is C28H29N5O4S. The third-order valence-electron chi connectivity index (χ3n) is 7.17. The maximum atomic E-state index is 10.7. The lowest BCUT2D eigenvalue weighted by molar-refractivity contribution is 0.00446. The zero-order chi connectivity index (χ0) is 26.4. The Bertz CT molecular complexity index is 1540. The van der Waals surface area contributed by atoms with Crippen molar-refractivity contribution < 1.29 is 19.7 Å². The molecule has 1 aliphatic carbocycles.